The minimum Gasteiger partial charge on any atom is -0.315 e. The first kappa shape index (κ1) is 19.1. The van der Waals surface area contributed by atoms with Gasteiger partial charge in [0.15, 0.2) is 19.7 Å². The summed E-state index contributed by atoms with van der Waals surface area (Å²) >= 11 is 0. The zero-order valence-electron chi connectivity index (χ0n) is 14.8. The van der Waals surface area contributed by atoms with Crippen LogP contribution in [-0.2, 0) is 19.7 Å². The largest absolute Gasteiger partial charge is 0.315 e. The average Bonchev–Trinajstić information content (AvgIpc) is 2.85. The molecule has 23 heavy (non-hydrogen) atoms. The van der Waals surface area contributed by atoms with Gasteiger partial charge in [0.25, 0.3) is 0 Å². The summed E-state index contributed by atoms with van der Waals surface area (Å²) < 4.78 is 48.7. The van der Waals surface area contributed by atoms with Gasteiger partial charge in [-0.1, -0.05) is 0 Å². The molecule has 2 fully saturated rings. The van der Waals surface area contributed by atoms with Gasteiger partial charge in [0, 0.05) is 26.2 Å². The lowest BCUT2D eigenvalue weighted by atomic mass is 10.1. The Morgan fingerprint density at radius 2 is 1.52 bits per heavy atom. The molecule has 2 saturated heterocycles. The van der Waals surface area contributed by atoms with Gasteiger partial charge in [-0.05, 0) is 47.6 Å². The molecule has 0 aliphatic carbocycles. The zero-order chi connectivity index (χ0) is 17.7. The van der Waals surface area contributed by atoms with E-state index in [-0.39, 0.29) is 10.5 Å². The molecule has 0 bridgehead atoms. The third kappa shape index (κ3) is 3.45. The van der Waals surface area contributed by atoms with E-state index in [2.05, 4.69) is 5.32 Å². The Labute approximate surface area is 140 Å². The quantitative estimate of drug-likeness (QED) is 0.760. The maximum Gasteiger partial charge on any atom is 0.160 e. The van der Waals surface area contributed by atoms with Crippen molar-refractivity contribution in [1.29, 1.82) is 0 Å². The molecular weight excluding hydrogens is 336 g/mol. The molecule has 0 aromatic heterocycles. The molecule has 0 amide bonds. The van der Waals surface area contributed by atoms with Crippen LogP contribution in [0.15, 0.2) is 0 Å². The molecule has 2 aliphatic rings. The molecule has 0 radical (unpaired) electrons. The third-order valence-corrected chi connectivity index (χ3v) is 10.9. The molecule has 2 rings (SSSR count). The lowest BCUT2D eigenvalue weighted by Crippen LogP contribution is -2.62. The van der Waals surface area contributed by atoms with Crippen LogP contribution in [0.4, 0.5) is 0 Å². The van der Waals surface area contributed by atoms with Crippen LogP contribution in [-0.4, -0.2) is 74.5 Å². The molecular formula is C15H30N2O4S2. The number of likely N-dealkylation sites (tertiary alicyclic amines) is 1. The van der Waals surface area contributed by atoms with Gasteiger partial charge in [0.05, 0.1) is 20.0 Å². The highest BCUT2D eigenvalue weighted by molar-refractivity contribution is 7.93. The lowest BCUT2D eigenvalue weighted by molar-refractivity contribution is 0.168. The monoisotopic (exact) mass is 366 g/mol. The van der Waals surface area contributed by atoms with Gasteiger partial charge in [0.1, 0.15) is 0 Å². The highest BCUT2D eigenvalue weighted by Crippen LogP contribution is 2.31. The van der Waals surface area contributed by atoms with Gasteiger partial charge >= 0.3 is 0 Å². The molecule has 136 valence electrons. The van der Waals surface area contributed by atoms with Crippen molar-refractivity contribution >= 4 is 19.7 Å². The molecule has 0 saturated carbocycles. The molecule has 0 spiro atoms. The van der Waals surface area contributed by atoms with Crippen molar-refractivity contribution in [2.75, 3.05) is 32.7 Å². The van der Waals surface area contributed by atoms with Crippen molar-refractivity contribution in [3.8, 4) is 0 Å². The Morgan fingerprint density at radius 3 is 1.96 bits per heavy atom. The fourth-order valence-corrected chi connectivity index (χ4v) is 7.16. The topological polar surface area (TPSA) is 83.6 Å². The van der Waals surface area contributed by atoms with Gasteiger partial charge < -0.3 is 5.32 Å². The summed E-state index contributed by atoms with van der Waals surface area (Å²) in [6, 6.07) is 0. The first-order chi connectivity index (χ1) is 10.3. The second-order valence-electron chi connectivity index (χ2n) is 8.39. The third-order valence-electron chi connectivity index (χ3n) is 5.04. The number of sulfone groups is 2. The molecule has 2 aliphatic heterocycles. The van der Waals surface area contributed by atoms with E-state index in [1.54, 1.807) is 34.6 Å². The summed E-state index contributed by atoms with van der Waals surface area (Å²) in [4.78, 5) is 1.95. The maximum atomic E-state index is 12.8. The standard InChI is InChI=1S/C15H30N2O4S2/c1-14(2,3)22(18,19)13-9-17(10-13)11-15(4,5)23(20,21)12-6-7-16-8-12/h12-13,16H,6-11H2,1-5H3. The van der Waals surface area contributed by atoms with Crippen molar-refractivity contribution < 1.29 is 16.8 Å². The van der Waals surface area contributed by atoms with E-state index in [4.69, 9.17) is 0 Å². The Bertz CT molecular complexity index is 635. The van der Waals surface area contributed by atoms with Gasteiger partial charge in [-0.2, -0.15) is 0 Å². The Balaban J connectivity index is 1.99. The summed E-state index contributed by atoms with van der Waals surface area (Å²) in [5.41, 5.74) is 0. The van der Waals surface area contributed by atoms with Crippen LogP contribution in [0, 0.1) is 0 Å². The van der Waals surface area contributed by atoms with Crippen LogP contribution in [0.2, 0.25) is 0 Å². The molecule has 1 atom stereocenters. The number of hydrogen-bond donors (Lipinski definition) is 1. The highest BCUT2D eigenvalue weighted by atomic mass is 32.2. The van der Waals surface area contributed by atoms with Crippen molar-refractivity contribution in [3.05, 3.63) is 0 Å². The van der Waals surface area contributed by atoms with E-state index in [1.807, 2.05) is 4.90 Å². The zero-order valence-corrected chi connectivity index (χ0v) is 16.4. The van der Waals surface area contributed by atoms with Crippen molar-refractivity contribution in [1.82, 2.24) is 10.2 Å². The Morgan fingerprint density at radius 1 is 0.957 bits per heavy atom. The Kier molecular flexibility index (Phi) is 4.97. The summed E-state index contributed by atoms with van der Waals surface area (Å²) in [6.45, 7) is 11.2. The number of hydrogen-bond acceptors (Lipinski definition) is 6. The SMILES string of the molecule is CC(C)(C)S(=O)(=O)C1CN(CC(C)(C)S(=O)(=O)C2CCNC2)C1. The lowest BCUT2D eigenvalue weighted by Gasteiger charge is -2.44. The summed E-state index contributed by atoms with van der Waals surface area (Å²) in [7, 11) is -6.42. The minimum absolute atomic E-state index is 0.326. The molecule has 8 heteroatoms. The highest BCUT2D eigenvalue weighted by Gasteiger charge is 2.48. The average molecular weight is 367 g/mol. The van der Waals surface area contributed by atoms with Gasteiger partial charge in [-0.15, -0.1) is 0 Å². The summed E-state index contributed by atoms with van der Waals surface area (Å²) in [6.07, 6.45) is 0.660. The normalized spacial score (nSPS) is 25.5. The molecule has 1 unspecified atom stereocenters. The summed E-state index contributed by atoms with van der Waals surface area (Å²) in [5.74, 6) is 0. The summed E-state index contributed by atoms with van der Waals surface area (Å²) in [5, 5.41) is 2.40. The smallest absolute Gasteiger partial charge is 0.160 e. The molecule has 1 N–H and O–H groups in total. The van der Waals surface area contributed by atoms with E-state index >= 15 is 0 Å². The van der Waals surface area contributed by atoms with Crippen LogP contribution in [0.3, 0.4) is 0 Å². The first-order valence-corrected chi connectivity index (χ1v) is 11.3. The first-order valence-electron chi connectivity index (χ1n) is 8.19. The van der Waals surface area contributed by atoms with Gasteiger partial charge in [-0.25, -0.2) is 16.8 Å². The number of rotatable bonds is 5. The van der Waals surface area contributed by atoms with E-state index in [0.717, 1.165) is 6.54 Å². The maximum absolute atomic E-state index is 12.8. The molecule has 2 heterocycles. The van der Waals surface area contributed by atoms with Crippen LogP contribution in [0.5, 0.6) is 0 Å². The van der Waals surface area contributed by atoms with E-state index in [1.165, 1.54) is 0 Å². The van der Waals surface area contributed by atoms with Crippen molar-refractivity contribution in [2.24, 2.45) is 0 Å². The van der Waals surface area contributed by atoms with Gasteiger partial charge in [0.2, 0.25) is 0 Å². The van der Waals surface area contributed by atoms with Crippen LogP contribution >= 0.6 is 0 Å². The van der Waals surface area contributed by atoms with Crippen LogP contribution in [0.1, 0.15) is 41.0 Å². The van der Waals surface area contributed by atoms with E-state index < -0.39 is 29.2 Å². The predicted molar refractivity (Wildman–Crippen MR) is 93.2 cm³/mol. The van der Waals surface area contributed by atoms with Crippen molar-refractivity contribution in [2.45, 2.75) is 61.0 Å². The fourth-order valence-electron chi connectivity index (χ4n) is 3.32. The van der Waals surface area contributed by atoms with Gasteiger partial charge in [-0.3, -0.25) is 4.90 Å². The number of nitrogens with zero attached hydrogens (tertiary/aromatic N) is 1. The fraction of sp³-hybridized carbons (Fsp3) is 1.00. The minimum atomic E-state index is -3.24. The van der Waals surface area contributed by atoms with Crippen molar-refractivity contribution in [3.63, 3.8) is 0 Å². The predicted octanol–water partition coefficient (Wildman–Crippen LogP) is 0.439. The van der Waals surface area contributed by atoms with Crippen LogP contribution in [0.25, 0.3) is 0 Å². The Hall–Kier alpha value is -0.180. The second kappa shape index (κ2) is 5.97. The van der Waals surface area contributed by atoms with E-state index in [9.17, 15) is 16.8 Å². The molecule has 0 aromatic carbocycles. The van der Waals surface area contributed by atoms with Crippen LogP contribution < -0.4 is 5.32 Å². The molecule has 6 nitrogen and oxygen atoms in total. The van der Waals surface area contributed by atoms with E-state index in [0.29, 0.717) is 32.6 Å². The number of nitrogens with one attached hydrogen (secondary N) is 1. The second-order valence-corrected chi connectivity index (χ2v) is 14.2. The molecule has 0 aromatic rings.